The molecule has 1 amide bonds. The van der Waals surface area contributed by atoms with E-state index in [4.69, 9.17) is 14.7 Å². The summed E-state index contributed by atoms with van der Waals surface area (Å²) in [6.45, 7) is 1.83. The third-order valence-electron chi connectivity index (χ3n) is 3.25. The standard InChI is InChI=1S/C17H16N2O3/c1-11-8-15(21-2)16(22-3)9-14(11)17(20)19-13-6-4-12(10-18)5-7-13/h4-9H,1-3H3,(H,19,20). The van der Waals surface area contributed by atoms with E-state index >= 15 is 0 Å². The van der Waals surface area contributed by atoms with Crippen LogP contribution >= 0.6 is 0 Å². The number of hydrogen-bond acceptors (Lipinski definition) is 4. The molecule has 0 aliphatic heterocycles. The maximum Gasteiger partial charge on any atom is 0.256 e. The molecule has 0 atom stereocenters. The number of carbonyl (C=O) groups excluding carboxylic acids is 1. The molecule has 0 aliphatic carbocycles. The largest absolute Gasteiger partial charge is 0.493 e. The van der Waals surface area contributed by atoms with Gasteiger partial charge in [-0.25, -0.2) is 0 Å². The minimum atomic E-state index is -0.247. The zero-order valence-electron chi connectivity index (χ0n) is 12.6. The molecule has 5 nitrogen and oxygen atoms in total. The lowest BCUT2D eigenvalue weighted by Gasteiger charge is -2.13. The van der Waals surface area contributed by atoms with Crippen molar-refractivity contribution in [3.8, 4) is 17.6 Å². The van der Waals surface area contributed by atoms with Gasteiger partial charge in [-0.3, -0.25) is 4.79 Å². The Balaban J connectivity index is 2.27. The Hall–Kier alpha value is -3.00. The highest BCUT2D eigenvalue weighted by Crippen LogP contribution is 2.30. The summed E-state index contributed by atoms with van der Waals surface area (Å²) in [4.78, 5) is 12.4. The Bertz CT molecular complexity index is 731. The van der Waals surface area contributed by atoms with E-state index in [9.17, 15) is 4.79 Å². The van der Waals surface area contributed by atoms with Crippen LogP contribution < -0.4 is 14.8 Å². The normalized spacial score (nSPS) is 9.73. The van der Waals surface area contributed by atoms with E-state index in [1.54, 1.807) is 43.5 Å². The highest BCUT2D eigenvalue weighted by molar-refractivity contribution is 6.05. The van der Waals surface area contributed by atoms with Crippen LogP contribution in [-0.4, -0.2) is 20.1 Å². The zero-order valence-corrected chi connectivity index (χ0v) is 12.6. The third kappa shape index (κ3) is 3.18. The van der Waals surface area contributed by atoms with Crippen LogP contribution in [0, 0.1) is 18.3 Å². The predicted molar refractivity (Wildman–Crippen MR) is 83.4 cm³/mol. The van der Waals surface area contributed by atoms with Gasteiger partial charge in [0.25, 0.3) is 5.91 Å². The van der Waals surface area contributed by atoms with Crippen LogP contribution in [0.4, 0.5) is 5.69 Å². The maximum absolute atomic E-state index is 12.4. The molecule has 0 bridgehead atoms. The Kier molecular flexibility index (Phi) is 4.64. The molecule has 0 unspecified atom stereocenters. The fourth-order valence-corrected chi connectivity index (χ4v) is 2.05. The number of nitriles is 1. The first-order valence-electron chi connectivity index (χ1n) is 6.63. The van der Waals surface area contributed by atoms with Crippen LogP contribution in [0.2, 0.25) is 0 Å². The maximum atomic E-state index is 12.4. The van der Waals surface area contributed by atoms with Crippen molar-refractivity contribution in [2.24, 2.45) is 0 Å². The van der Waals surface area contributed by atoms with Crippen molar-refractivity contribution in [3.63, 3.8) is 0 Å². The molecule has 22 heavy (non-hydrogen) atoms. The lowest BCUT2D eigenvalue weighted by atomic mass is 10.1. The van der Waals surface area contributed by atoms with E-state index in [1.165, 1.54) is 7.11 Å². The lowest BCUT2D eigenvalue weighted by Crippen LogP contribution is -2.13. The van der Waals surface area contributed by atoms with Crippen molar-refractivity contribution in [2.75, 3.05) is 19.5 Å². The average molecular weight is 296 g/mol. The van der Waals surface area contributed by atoms with Crippen LogP contribution in [0.15, 0.2) is 36.4 Å². The van der Waals surface area contributed by atoms with Crippen LogP contribution in [-0.2, 0) is 0 Å². The van der Waals surface area contributed by atoms with Gasteiger partial charge in [0, 0.05) is 11.3 Å². The minimum absolute atomic E-state index is 0.247. The first-order chi connectivity index (χ1) is 10.6. The van der Waals surface area contributed by atoms with Gasteiger partial charge in [-0.2, -0.15) is 5.26 Å². The Morgan fingerprint density at radius 1 is 1.09 bits per heavy atom. The number of carbonyl (C=O) groups is 1. The molecule has 0 saturated carbocycles. The summed E-state index contributed by atoms with van der Waals surface area (Å²) in [5.74, 6) is 0.830. The van der Waals surface area contributed by atoms with Gasteiger partial charge >= 0.3 is 0 Å². The van der Waals surface area contributed by atoms with Gasteiger partial charge in [-0.1, -0.05) is 0 Å². The second-order valence-electron chi connectivity index (χ2n) is 4.67. The van der Waals surface area contributed by atoms with Gasteiger partial charge in [0.1, 0.15) is 0 Å². The molecule has 0 radical (unpaired) electrons. The molecule has 2 rings (SSSR count). The SMILES string of the molecule is COc1cc(C)c(C(=O)Nc2ccc(C#N)cc2)cc1OC. The van der Waals surface area contributed by atoms with Crippen molar-refractivity contribution in [1.82, 2.24) is 0 Å². The summed E-state index contributed by atoms with van der Waals surface area (Å²) >= 11 is 0. The van der Waals surface area contributed by atoms with Crippen molar-refractivity contribution in [1.29, 1.82) is 5.26 Å². The highest BCUT2D eigenvalue weighted by atomic mass is 16.5. The predicted octanol–water partition coefficient (Wildman–Crippen LogP) is 3.14. The molecule has 0 fully saturated rings. The number of ether oxygens (including phenoxy) is 2. The second kappa shape index (κ2) is 6.64. The number of benzene rings is 2. The molecule has 0 aliphatic rings. The van der Waals surface area contributed by atoms with E-state index in [0.29, 0.717) is 28.3 Å². The number of anilines is 1. The molecule has 0 aromatic heterocycles. The summed E-state index contributed by atoms with van der Waals surface area (Å²) in [6.07, 6.45) is 0. The van der Waals surface area contributed by atoms with Crippen molar-refractivity contribution >= 4 is 11.6 Å². The number of nitrogens with zero attached hydrogens (tertiary/aromatic N) is 1. The number of aryl methyl sites for hydroxylation is 1. The van der Waals surface area contributed by atoms with Gasteiger partial charge in [0.2, 0.25) is 0 Å². The van der Waals surface area contributed by atoms with Gasteiger partial charge in [0.05, 0.1) is 25.9 Å². The van der Waals surface area contributed by atoms with E-state index < -0.39 is 0 Å². The van der Waals surface area contributed by atoms with E-state index in [2.05, 4.69) is 5.32 Å². The number of nitrogens with one attached hydrogen (secondary N) is 1. The van der Waals surface area contributed by atoms with Gasteiger partial charge in [0.15, 0.2) is 11.5 Å². The highest BCUT2D eigenvalue weighted by Gasteiger charge is 2.14. The molecule has 2 aromatic rings. The summed E-state index contributed by atoms with van der Waals surface area (Å²) in [7, 11) is 3.07. The molecule has 0 saturated heterocycles. The van der Waals surface area contributed by atoms with Crippen molar-refractivity contribution in [3.05, 3.63) is 53.1 Å². The molecule has 2 aromatic carbocycles. The quantitative estimate of drug-likeness (QED) is 0.941. The molecule has 0 spiro atoms. The second-order valence-corrected chi connectivity index (χ2v) is 4.67. The topological polar surface area (TPSA) is 71.3 Å². The Morgan fingerprint density at radius 2 is 1.68 bits per heavy atom. The van der Waals surface area contributed by atoms with Gasteiger partial charge < -0.3 is 14.8 Å². The van der Waals surface area contributed by atoms with E-state index in [0.717, 1.165) is 5.56 Å². The summed E-state index contributed by atoms with van der Waals surface area (Å²) in [5.41, 5.74) is 2.45. The first kappa shape index (κ1) is 15.4. The number of amides is 1. The fourth-order valence-electron chi connectivity index (χ4n) is 2.05. The monoisotopic (exact) mass is 296 g/mol. The zero-order chi connectivity index (χ0) is 16.1. The fraction of sp³-hybridized carbons (Fsp3) is 0.176. The first-order valence-corrected chi connectivity index (χ1v) is 6.63. The molecular formula is C17H16N2O3. The molecular weight excluding hydrogens is 280 g/mol. The van der Waals surface area contributed by atoms with Crippen molar-refractivity contribution < 1.29 is 14.3 Å². The summed E-state index contributed by atoms with van der Waals surface area (Å²) in [6, 6.07) is 12.1. The van der Waals surface area contributed by atoms with Crippen molar-refractivity contribution in [2.45, 2.75) is 6.92 Å². The van der Waals surface area contributed by atoms with Crippen LogP contribution in [0.25, 0.3) is 0 Å². The Labute approximate surface area is 129 Å². The van der Waals surface area contributed by atoms with Gasteiger partial charge in [-0.15, -0.1) is 0 Å². The Morgan fingerprint density at radius 3 is 2.23 bits per heavy atom. The summed E-state index contributed by atoms with van der Waals surface area (Å²) < 4.78 is 10.4. The third-order valence-corrected chi connectivity index (χ3v) is 3.25. The van der Waals surface area contributed by atoms with E-state index in [1.807, 2.05) is 13.0 Å². The number of hydrogen-bond donors (Lipinski definition) is 1. The van der Waals surface area contributed by atoms with Crippen LogP contribution in [0.1, 0.15) is 21.5 Å². The average Bonchev–Trinajstić information content (AvgIpc) is 2.55. The molecule has 0 heterocycles. The van der Waals surface area contributed by atoms with Crippen LogP contribution in [0.5, 0.6) is 11.5 Å². The molecule has 112 valence electrons. The number of rotatable bonds is 4. The number of methoxy groups -OCH3 is 2. The smallest absolute Gasteiger partial charge is 0.256 e. The molecule has 1 N–H and O–H groups in total. The van der Waals surface area contributed by atoms with Gasteiger partial charge in [-0.05, 0) is 48.9 Å². The van der Waals surface area contributed by atoms with Crippen LogP contribution in [0.3, 0.4) is 0 Å². The minimum Gasteiger partial charge on any atom is -0.493 e. The molecule has 5 heteroatoms. The van der Waals surface area contributed by atoms with E-state index in [-0.39, 0.29) is 5.91 Å². The lowest BCUT2D eigenvalue weighted by molar-refractivity contribution is 0.102. The summed E-state index contributed by atoms with van der Waals surface area (Å²) in [5, 5.41) is 11.6.